The van der Waals surface area contributed by atoms with Gasteiger partial charge in [0.1, 0.15) is 17.3 Å². The first-order valence-electron chi connectivity index (χ1n) is 8.97. The molecule has 1 atom stereocenters. The first-order valence-corrected chi connectivity index (χ1v) is 9.35. The second-order valence-corrected chi connectivity index (χ2v) is 7.06. The molecule has 0 aliphatic carbocycles. The lowest BCUT2D eigenvalue weighted by atomic mass is 10.0. The Morgan fingerprint density at radius 1 is 1.37 bits per heavy atom. The van der Waals surface area contributed by atoms with Crippen molar-refractivity contribution in [3.05, 3.63) is 63.8 Å². The Labute approximate surface area is 175 Å². The Bertz CT molecular complexity index is 1020. The van der Waals surface area contributed by atoms with Crippen molar-refractivity contribution in [2.75, 3.05) is 11.9 Å². The van der Waals surface area contributed by atoms with Crippen molar-refractivity contribution in [3.63, 3.8) is 0 Å². The maximum absolute atomic E-state index is 13.1. The van der Waals surface area contributed by atoms with Gasteiger partial charge < -0.3 is 10.2 Å². The minimum absolute atomic E-state index is 0.206. The molecular weight excluding hydrogens is 421 g/mol. The number of amides is 1. The van der Waals surface area contributed by atoms with Crippen LogP contribution in [0.1, 0.15) is 35.1 Å². The number of hydrogen-bond donors (Lipinski definition) is 2. The number of alkyl halides is 3. The molecule has 1 unspecified atom stereocenters. The van der Waals surface area contributed by atoms with Gasteiger partial charge in [0, 0.05) is 24.9 Å². The van der Waals surface area contributed by atoms with E-state index in [1.807, 2.05) is 0 Å². The average molecular weight is 439 g/mol. The van der Waals surface area contributed by atoms with Crippen LogP contribution in [0, 0.1) is 12.5 Å². The highest BCUT2D eigenvalue weighted by molar-refractivity contribution is 6.34. The summed E-state index contributed by atoms with van der Waals surface area (Å²) in [5.74, 6) is 0.424. The lowest BCUT2D eigenvalue weighted by Crippen LogP contribution is -2.44. The highest BCUT2D eigenvalue weighted by atomic mass is 35.5. The van der Waals surface area contributed by atoms with Gasteiger partial charge in [0.25, 0.3) is 5.91 Å². The van der Waals surface area contributed by atoms with Gasteiger partial charge in [-0.05, 0) is 32.0 Å². The van der Waals surface area contributed by atoms with E-state index in [2.05, 4.69) is 20.4 Å². The molecule has 0 spiro atoms. The third-order valence-electron chi connectivity index (χ3n) is 4.75. The third kappa shape index (κ3) is 4.28. The number of nitrogens with one attached hydrogen (secondary N) is 2. The summed E-state index contributed by atoms with van der Waals surface area (Å²) >= 11 is 5.91. The highest BCUT2D eigenvalue weighted by Crippen LogP contribution is 2.37. The molecule has 1 aromatic heterocycles. The maximum Gasteiger partial charge on any atom is 0.417 e. The van der Waals surface area contributed by atoms with Crippen LogP contribution in [0.5, 0.6) is 0 Å². The van der Waals surface area contributed by atoms with E-state index in [0.717, 1.165) is 12.1 Å². The van der Waals surface area contributed by atoms with Crippen molar-refractivity contribution >= 4 is 23.3 Å². The van der Waals surface area contributed by atoms with Gasteiger partial charge in [-0.1, -0.05) is 17.7 Å². The zero-order chi connectivity index (χ0) is 22.1. The maximum atomic E-state index is 13.1. The van der Waals surface area contributed by atoms with Crippen molar-refractivity contribution in [3.8, 4) is 0 Å². The van der Waals surface area contributed by atoms with Gasteiger partial charge in [-0.15, -0.1) is 0 Å². The van der Waals surface area contributed by atoms with E-state index in [1.54, 1.807) is 26.1 Å². The van der Waals surface area contributed by atoms with Crippen LogP contribution in [0.25, 0.3) is 0 Å². The molecule has 1 aliphatic heterocycles. The number of halogens is 4. The van der Waals surface area contributed by atoms with Crippen LogP contribution in [0.2, 0.25) is 5.02 Å². The lowest BCUT2D eigenvalue weighted by molar-refractivity contribution is -0.137. The summed E-state index contributed by atoms with van der Waals surface area (Å²) in [7, 11) is 0. The third-order valence-corrected chi connectivity index (χ3v) is 5.15. The molecule has 30 heavy (non-hydrogen) atoms. The molecule has 2 N–H and O–H groups in total. The van der Waals surface area contributed by atoms with E-state index in [-0.39, 0.29) is 17.8 Å². The molecule has 0 saturated heterocycles. The topological polar surface area (TPSA) is 94.3 Å². The zero-order valence-corrected chi connectivity index (χ0v) is 16.8. The van der Waals surface area contributed by atoms with Crippen molar-refractivity contribution in [1.82, 2.24) is 14.9 Å². The molecule has 1 aromatic carbocycles. The molecule has 1 aliphatic rings. The minimum Gasteiger partial charge on any atom is -0.342 e. The summed E-state index contributed by atoms with van der Waals surface area (Å²) in [6, 6.07) is 4.23. The van der Waals surface area contributed by atoms with Gasteiger partial charge in [-0.25, -0.2) is 15.5 Å². The molecule has 2 aromatic rings. The van der Waals surface area contributed by atoms with Gasteiger partial charge in [-0.3, -0.25) is 4.79 Å². The van der Waals surface area contributed by atoms with Crippen LogP contribution in [0.3, 0.4) is 0 Å². The smallest absolute Gasteiger partial charge is 0.342 e. The van der Waals surface area contributed by atoms with Crippen molar-refractivity contribution in [2.45, 2.75) is 32.5 Å². The molecule has 0 radical (unpaired) electrons. The minimum atomic E-state index is -4.67. The van der Waals surface area contributed by atoms with Gasteiger partial charge in [0.15, 0.2) is 0 Å². The Morgan fingerprint density at radius 3 is 2.73 bits per heavy atom. The van der Waals surface area contributed by atoms with Crippen molar-refractivity contribution in [1.29, 1.82) is 5.53 Å². The Balaban J connectivity index is 1.90. The van der Waals surface area contributed by atoms with E-state index in [9.17, 15) is 18.0 Å². The molecule has 2 heterocycles. The van der Waals surface area contributed by atoms with Crippen molar-refractivity contribution < 1.29 is 18.0 Å². The van der Waals surface area contributed by atoms with E-state index in [0.29, 0.717) is 23.8 Å². The Morgan fingerprint density at radius 2 is 2.10 bits per heavy atom. The molecule has 11 heteroatoms. The predicted molar refractivity (Wildman–Crippen MR) is 104 cm³/mol. The standard InChI is InChI=1S/C19H18ClF3N6O/c1-10-17(28-24)14(27-15-6-8-25-11(2)26-15)7-9-29(10)18(30)12-4-3-5-13(16(12)20)19(21,22)23/h3-6,8,10,24H,7,9H2,1-2H3,(H,25,26,27). The fourth-order valence-corrected chi connectivity index (χ4v) is 3.58. The van der Waals surface area contributed by atoms with Crippen LogP contribution < -0.4 is 5.32 Å². The van der Waals surface area contributed by atoms with Gasteiger partial charge >= 0.3 is 6.18 Å². The number of carbonyl (C=O) groups excluding carboxylic acids is 1. The quantitative estimate of drug-likeness (QED) is 0.653. The molecule has 0 fully saturated rings. The monoisotopic (exact) mass is 438 g/mol. The fraction of sp³-hybridized carbons (Fsp3) is 0.316. The zero-order valence-electron chi connectivity index (χ0n) is 16.1. The Kier molecular flexibility index (Phi) is 6.06. The SMILES string of the molecule is Cc1nccc(NC2=C(N=N)C(C)N(C(=O)c3cccc(C(F)(F)F)c3Cl)CC2)n1. The van der Waals surface area contributed by atoms with Crippen LogP contribution in [-0.4, -0.2) is 33.4 Å². The van der Waals surface area contributed by atoms with E-state index in [4.69, 9.17) is 17.1 Å². The van der Waals surface area contributed by atoms with Gasteiger partial charge in [0.05, 0.1) is 22.2 Å². The summed E-state index contributed by atoms with van der Waals surface area (Å²) in [4.78, 5) is 22.6. The predicted octanol–water partition coefficient (Wildman–Crippen LogP) is 5.05. The summed E-state index contributed by atoms with van der Waals surface area (Å²) in [5, 5.41) is 6.00. The summed E-state index contributed by atoms with van der Waals surface area (Å²) in [5.41, 5.74) is 7.12. The molecule has 0 bridgehead atoms. The Hall–Kier alpha value is -3.01. The fourth-order valence-electron chi connectivity index (χ4n) is 3.27. The number of rotatable bonds is 4. The highest BCUT2D eigenvalue weighted by Gasteiger charge is 2.37. The normalized spacial score (nSPS) is 17.1. The molecule has 0 saturated carbocycles. The van der Waals surface area contributed by atoms with E-state index >= 15 is 0 Å². The average Bonchev–Trinajstić information content (AvgIpc) is 2.67. The van der Waals surface area contributed by atoms with E-state index < -0.39 is 28.7 Å². The molecule has 158 valence electrons. The van der Waals surface area contributed by atoms with Gasteiger partial charge in [-0.2, -0.15) is 18.3 Å². The number of nitrogens with zero attached hydrogens (tertiary/aromatic N) is 4. The van der Waals surface area contributed by atoms with Crippen LogP contribution in [-0.2, 0) is 6.18 Å². The molecule has 1 amide bonds. The molecular formula is C19H18ClF3N6O. The van der Waals surface area contributed by atoms with E-state index in [1.165, 1.54) is 11.0 Å². The van der Waals surface area contributed by atoms with Crippen LogP contribution >= 0.6 is 11.6 Å². The number of benzene rings is 1. The summed E-state index contributed by atoms with van der Waals surface area (Å²) in [6.07, 6.45) is -2.77. The number of aryl methyl sites for hydroxylation is 1. The summed E-state index contributed by atoms with van der Waals surface area (Å²) < 4.78 is 39.4. The van der Waals surface area contributed by atoms with Gasteiger partial charge in [0.2, 0.25) is 0 Å². The molecule has 7 nitrogen and oxygen atoms in total. The number of hydrogen-bond acceptors (Lipinski definition) is 6. The number of carbonyl (C=O) groups is 1. The summed E-state index contributed by atoms with van der Waals surface area (Å²) in [6.45, 7) is 3.59. The lowest BCUT2D eigenvalue weighted by Gasteiger charge is -2.35. The first-order chi connectivity index (χ1) is 14.1. The first kappa shape index (κ1) is 21.7. The molecule has 3 rings (SSSR count). The second-order valence-electron chi connectivity index (χ2n) is 6.68. The van der Waals surface area contributed by atoms with Crippen LogP contribution in [0.15, 0.2) is 47.0 Å². The van der Waals surface area contributed by atoms with Crippen LogP contribution in [0.4, 0.5) is 19.0 Å². The second kappa shape index (κ2) is 8.39. The number of anilines is 1. The number of aromatic nitrogens is 2. The largest absolute Gasteiger partial charge is 0.417 e. The van der Waals surface area contributed by atoms with Crippen molar-refractivity contribution in [2.24, 2.45) is 5.11 Å².